The smallest absolute Gasteiger partial charge is 0.150 e. The lowest BCUT2D eigenvalue weighted by Gasteiger charge is -2.52. The van der Waals surface area contributed by atoms with Crippen molar-refractivity contribution in [3.8, 4) is 0 Å². The summed E-state index contributed by atoms with van der Waals surface area (Å²) in [4.78, 5) is 17.5. The van der Waals surface area contributed by atoms with E-state index >= 15 is 0 Å². The number of unbranched alkanes of at least 4 members (excludes halogenated alkanes) is 4. The maximum absolute atomic E-state index is 11.4. The molecule has 124 valence electrons. The first-order valence-corrected chi connectivity index (χ1v) is 8.76. The van der Waals surface area contributed by atoms with Gasteiger partial charge < -0.3 is 4.79 Å². The molecular formula is C18H35NO2. The number of carbonyl (C=O) groups is 1. The second-order valence-corrected chi connectivity index (χ2v) is 7.76. The molecule has 3 heteroatoms. The van der Waals surface area contributed by atoms with Crippen LogP contribution >= 0.6 is 0 Å². The van der Waals surface area contributed by atoms with E-state index in [1.807, 2.05) is 0 Å². The second-order valence-electron chi connectivity index (χ2n) is 7.76. The molecule has 3 nitrogen and oxygen atoms in total. The SMILES string of the molecule is CCCCCCCC(C=O)ON1C(C)(C)CCCC1(C)C. The molecule has 0 N–H and O–H groups in total. The van der Waals surface area contributed by atoms with Gasteiger partial charge in [0.05, 0.1) is 0 Å². The van der Waals surface area contributed by atoms with Gasteiger partial charge in [-0.25, -0.2) is 0 Å². The lowest BCUT2D eigenvalue weighted by Crippen LogP contribution is -2.59. The summed E-state index contributed by atoms with van der Waals surface area (Å²) < 4.78 is 0. The number of aldehydes is 1. The highest BCUT2D eigenvalue weighted by Crippen LogP contribution is 2.38. The maximum Gasteiger partial charge on any atom is 0.150 e. The van der Waals surface area contributed by atoms with Gasteiger partial charge in [-0.2, -0.15) is 5.06 Å². The van der Waals surface area contributed by atoms with Crippen molar-refractivity contribution in [2.75, 3.05) is 0 Å². The van der Waals surface area contributed by atoms with E-state index in [2.05, 4.69) is 39.7 Å². The Morgan fingerprint density at radius 3 is 2.14 bits per heavy atom. The van der Waals surface area contributed by atoms with Gasteiger partial charge in [-0.1, -0.05) is 39.0 Å². The van der Waals surface area contributed by atoms with E-state index < -0.39 is 0 Å². The molecule has 1 rings (SSSR count). The zero-order chi connectivity index (χ0) is 15.9. The minimum atomic E-state index is -0.289. The molecule has 0 aromatic carbocycles. The Kier molecular flexibility index (Phi) is 7.35. The standard InChI is InChI=1S/C18H35NO2/c1-6-7-8-9-10-12-16(15-20)21-19-17(2,3)13-11-14-18(19,4)5/h15-16H,6-14H2,1-5H3. The summed E-state index contributed by atoms with van der Waals surface area (Å²) in [5.41, 5.74) is 0.0104. The molecule has 1 unspecified atom stereocenters. The van der Waals surface area contributed by atoms with Gasteiger partial charge in [-0.05, 0) is 53.4 Å². The lowest BCUT2D eigenvalue weighted by molar-refractivity contribution is -0.297. The Bertz CT molecular complexity index is 296. The first kappa shape index (κ1) is 18.6. The highest BCUT2D eigenvalue weighted by molar-refractivity contribution is 5.55. The largest absolute Gasteiger partial charge is 0.300 e. The molecule has 1 aliphatic heterocycles. The number of carbonyl (C=O) groups excluding carboxylic acids is 1. The van der Waals surface area contributed by atoms with Crippen LogP contribution in [0.1, 0.15) is 92.4 Å². The lowest BCUT2D eigenvalue weighted by atomic mass is 9.82. The zero-order valence-electron chi connectivity index (χ0n) is 14.8. The molecule has 1 fully saturated rings. The third-order valence-corrected chi connectivity index (χ3v) is 4.66. The van der Waals surface area contributed by atoms with Crippen LogP contribution in [-0.2, 0) is 9.63 Å². The number of nitrogens with zero attached hydrogens (tertiary/aromatic N) is 1. The zero-order valence-corrected chi connectivity index (χ0v) is 14.8. The first-order valence-electron chi connectivity index (χ1n) is 8.76. The Morgan fingerprint density at radius 2 is 1.62 bits per heavy atom. The van der Waals surface area contributed by atoms with E-state index in [4.69, 9.17) is 4.84 Å². The monoisotopic (exact) mass is 297 g/mol. The molecule has 0 aromatic rings. The minimum Gasteiger partial charge on any atom is -0.300 e. The Labute approximate surface area is 131 Å². The van der Waals surface area contributed by atoms with Gasteiger partial charge in [0.15, 0.2) is 6.29 Å². The maximum atomic E-state index is 11.4. The van der Waals surface area contributed by atoms with Crippen LogP contribution in [0, 0.1) is 0 Å². The summed E-state index contributed by atoms with van der Waals surface area (Å²) >= 11 is 0. The summed E-state index contributed by atoms with van der Waals surface area (Å²) in [5, 5.41) is 2.11. The van der Waals surface area contributed by atoms with E-state index in [0.717, 1.165) is 32.0 Å². The van der Waals surface area contributed by atoms with Gasteiger partial charge in [-0.15, -0.1) is 0 Å². The van der Waals surface area contributed by atoms with Crippen LogP contribution in [0.25, 0.3) is 0 Å². The van der Waals surface area contributed by atoms with E-state index in [0.29, 0.717) is 0 Å². The van der Waals surface area contributed by atoms with Crippen LogP contribution in [0.2, 0.25) is 0 Å². The molecule has 1 saturated heterocycles. The van der Waals surface area contributed by atoms with Crippen molar-refractivity contribution in [1.29, 1.82) is 0 Å². The minimum absolute atomic E-state index is 0.00518. The average Bonchev–Trinajstić information content (AvgIpc) is 2.39. The van der Waals surface area contributed by atoms with Crippen molar-refractivity contribution < 1.29 is 9.63 Å². The average molecular weight is 297 g/mol. The topological polar surface area (TPSA) is 29.5 Å². The Balaban J connectivity index is 2.51. The third-order valence-electron chi connectivity index (χ3n) is 4.66. The van der Waals surface area contributed by atoms with Crippen LogP contribution in [0.15, 0.2) is 0 Å². The van der Waals surface area contributed by atoms with E-state index in [1.54, 1.807) is 0 Å². The number of rotatable bonds is 9. The quantitative estimate of drug-likeness (QED) is 0.448. The van der Waals surface area contributed by atoms with E-state index in [-0.39, 0.29) is 17.2 Å². The highest BCUT2D eigenvalue weighted by atomic mass is 16.7. The van der Waals surface area contributed by atoms with Gasteiger partial charge in [-0.3, -0.25) is 4.84 Å². The molecule has 0 amide bonds. The van der Waals surface area contributed by atoms with Crippen LogP contribution < -0.4 is 0 Å². The number of piperidine rings is 1. The molecule has 0 spiro atoms. The third kappa shape index (κ3) is 5.71. The molecule has 0 radical (unpaired) electrons. The van der Waals surface area contributed by atoms with Gasteiger partial charge >= 0.3 is 0 Å². The normalized spacial score (nSPS) is 22.9. The van der Waals surface area contributed by atoms with Crippen LogP contribution in [0.3, 0.4) is 0 Å². The summed E-state index contributed by atoms with van der Waals surface area (Å²) in [6.07, 6.45) is 11.1. The van der Waals surface area contributed by atoms with Gasteiger partial charge in [0, 0.05) is 11.1 Å². The van der Waals surface area contributed by atoms with Crippen molar-refractivity contribution in [2.45, 2.75) is 110 Å². The molecule has 1 aliphatic rings. The van der Waals surface area contributed by atoms with Crippen molar-refractivity contribution in [3.05, 3.63) is 0 Å². The molecule has 1 atom stereocenters. The van der Waals surface area contributed by atoms with Crippen molar-refractivity contribution in [3.63, 3.8) is 0 Å². The molecular weight excluding hydrogens is 262 g/mol. The predicted octanol–water partition coefficient (Wildman–Crippen LogP) is 4.89. The number of hydrogen-bond donors (Lipinski definition) is 0. The Hall–Kier alpha value is -0.410. The van der Waals surface area contributed by atoms with Crippen LogP contribution in [0.5, 0.6) is 0 Å². The fraction of sp³-hybridized carbons (Fsp3) is 0.944. The van der Waals surface area contributed by atoms with Crippen LogP contribution in [-0.4, -0.2) is 28.5 Å². The number of hydrogen-bond acceptors (Lipinski definition) is 3. The molecule has 0 aliphatic carbocycles. The Morgan fingerprint density at radius 1 is 1.05 bits per heavy atom. The number of hydroxylamine groups is 2. The van der Waals surface area contributed by atoms with Crippen molar-refractivity contribution in [2.24, 2.45) is 0 Å². The van der Waals surface area contributed by atoms with Gasteiger partial charge in [0.2, 0.25) is 0 Å². The van der Waals surface area contributed by atoms with Crippen molar-refractivity contribution >= 4 is 6.29 Å². The molecule has 0 bridgehead atoms. The fourth-order valence-electron chi connectivity index (χ4n) is 3.49. The molecule has 1 heterocycles. The fourth-order valence-corrected chi connectivity index (χ4v) is 3.49. The van der Waals surface area contributed by atoms with Crippen molar-refractivity contribution in [1.82, 2.24) is 5.06 Å². The van der Waals surface area contributed by atoms with E-state index in [9.17, 15) is 4.79 Å². The highest BCUT2D eigenvalue weighted by Gasteiger charge is 2.43. The second kappa shape index (κ2) is 8.28. The molecule has 21 heavy (non-hydrogen) atoms. The summed E-state index contributed by atoms with van der Waals surface area (Å²) in [6, 6.07) is 0. The summed E-state index contributed by atoms with van der Waals surface area (Å²) in [5.74, 6) is 0. The molecule has 0 aromatic heterocycles. The molecule has 0 saturated carbocycles. The van der Waals surface area contributed by atoms with E-state index in [1.165, 1.54) is 32.1 Å². The van der Waals surface area contributed by atoms with Gasteiger partial charge in [0.25, 0.3) is 0 Å². The first-order chi connectivity index (χ1) is 9.83. The summed E-state index contributed by atoms with van der Waals surface area (Å²) in [6.45, 7) is 11.1. The van der Waals surface area contributed by atoms with Crippen LogP contribution in [0.4, 0.5) is 0 Å². The van der Waals surface area contributed by atoms with Gasteiger partial charge in [0.1, 0.15) is 6.10 Å². The predicted molar refractivity (Wildman–Crippen MR) is 88.2 cm³/mol. The summed E-state index contributed by atoms with van der Waals surface area (Å²) in [7, 11) is 0.